The Morgan fingerprint density at radius 3 is 3.06 bits per heavy atom. The molecule has 0 saturated carbocycles. The van der Waals surface area contributed by atoms with Crippen LogP contribution in [-0.4, -0.2) is 21.0 Å². The minimum Gasteiger partial charge on any atom is -0.475 e. The minimum absolute atomic E-state index is 0.591. The molecule has 0 saturated heterocycles. The zero-order valence-electron chi connectivity index (χ0n) is 10.1. The van der Waals surface area contributed by atoms with Crippen molar-refractivity contribution in [2.24, 2.45) is 5.92 Å². The van der Waals surface area contributed by atoms with Crippen LogP contribution < -0.4 is 4.74 Å². The van der Waals surface area contributed by atoms with Gasteiger partial charge in [-0.1, -0.05) is 13.8 Å². The molecule has 0 atom stereocenters. The Balaban J connectivity index is 2.04. The van der Waals surface area contributed by atoms with Gasteiger partial charge in [0.05, 0.1) is 6.61 Å². The lowest BCUT2D eigenvalue weighted by atomic mass is 10.1. The van der Waals surface area contributed by atoms with Crippen molar-refractivity contribution in [3.8, 4) is 5.88 Å². The first kappa shape index (κ1) is 12.4. The molecule has 17 heavy (non-hydrogen) atoms. The van der Waals surface area contributed by atoms with E-state index in [1.54, 1.807) is 6.20 Å². The highest BCUT2D eigenvalue weighted by Crippen LogP contribution is 2.19. The van der Waals surface area contributed by atoms with E-state index in [1.165, 1.54) is 6.42 Å². The van der Waals surface area contributed by atoms with Gasteiger partial charge < -0.3 is 4.74 Å². The number of hydrogen-bond donors (Lipinski definition) is 0. The zero-order valence-corrected chi connectivity index (χ0v) is 11.6. The number of halogens is 1. The van der Waals surface area contributed by atoms with Gasteiger partial charge >= 0.3 is 0 Å². The van der Waals surface area contributed by atoms with Crippen LogP contribution in [0, 0.1) is 5.92 Å². The zero-order chi connectivity index (χ0) is 12.3. The molecule has 0 fully saturated rings. The molecule has 4 nitrogen and oxygen atoms in total. The Bertz CT molecular complexity index is 495. The molecule has 0 unspecified atom stereocenters. The Kier molecular flexibility index (Phi) is 3.99. The first-order valence-electron chi connectivity index (χ1n) is 5.79. The number of fused-ring (bicyclic) bond motifs is 1. The lowest BCUT2D eigenvalue weighted by Gasteiger charge is -2.08. The van der Waals surface area contributed by atoms with E-state index in [-0.39, 0.29) is 0 Å². The summed E-state index contributed by atoms with van der Waals surface area (Å²) in [6.07, 6.45) is 7.69. The highest BCUT2D eigenvalue weighted by atomic mass is 79.9. The van der Waals surface area contributed by atoms with Crippen molar-refractivity contribution in [2.75, 3.05) is 6.61 Å². The summed E-state index contributed by atoms with van der Waals surface area (Å²) in [5.41, 5.74) is 0.762. The first-order valence-corrected chi connectivity index (χ1v) is 6.58. The summed E-state index contributed by atoms with van der Waals surface area (Å²) >= 11 is 3.36. The molecule has 2 rings (SSSR count). The topological polar surface area (TPSA) is 39.4 Å². The van der Waals surface area contributed by atoms with Crippen molar-refractivity contribution in [1.82, 2.24) is 14.4 Å². The third kappa shape index (κ3) is 3.19. The monoisotopic (exact) mass is 297 g/mol. The average Bonchev–Trinajstić information content (AvgIpc) is 2.71. The summed E-state index contributed by atoms with van der Waals surface area (Å²) in [5.74, 6) is 1.30. The van der Waals surface area contributed by atoms with Gasteiger partial charge in [-0.3, -0.25) is 4.40 Å². The maximum atomic E-state index is 5.68. The van der Waals surface area contributed by atoms with E-state index in [4.69, 9.17) is 4.74 Å². The van der Waals surface area contributed by atoms with Crippen molar-refractivity contribution < 1.29 is 4.74 Å². The predicted molar refractivity (Wildman–Crippen MR) is 70.3 cm³/mol. The molecular weight excluding hydrogens is 282 g/mol. The Morgan fingerprint density at radius 2 is 2.29 bits per heavy atom. The smallest absolute Gasteiger partial charge is 0.259 e. The molecule has 0 aliphatic heterocycles. The van der Waals surface area contributed by atoms with Crippen LogP contribution in [0.1, 0.15) is 26.7 Å². The number of imidazole rings is 1. The third-order valence-electron chi connectivity index (χ3n) is 2.48. The van der Waals surface area contributed by atoms with E-state index >= 15 is 0 Å². The van der Waals surface area contributed by atoms with Gasteiger partial charge in [0.25, 0.3) is 5.88 Å². The molecule has 0 bridgehead atoms. The van der Waals surface area contributed by atoms with Crippen molar-refractivity contribution in [3.63, 3.8) is 0 Å². The first-order chi connectivity index (χ1) is 8.16. The fourth-order valence-electron chi connectivity index (χ4n) is 1.63. The maximum Gasteiger partial charge on any atom is 0.259 e. The lowest BCUT2D eigenvalue weighted by molar-refractivity contribution is 0.288. The highest BCUT2D eigenvalue weighted by molar-refractivity contribution is 9.10. The molecule has 92 valence electrons. The highest BCUT2D eigenvalue weighted by Gasteiger charge is 2.07. The van der Waals surface area contributed by atoms with Crippen LogP contribution >= 0.6 is 15.9 Å². The molecule has 2 aromatic heterocycles. The van der Waals surface area contributed by atoms with Crippen molar-refractivity contribution in [1.29, 1.82) is 0 Å². The van der Waals surface area contributed by atoms with Crippen LogP contribution in [-0.2, 0) is 0 Å². The summed E-state index contributed by atoms with van der Waals surface area (Å²) in [6.45, 7) is 5.11. The van der Waals surface area contributed by atoms with Crippen molar-refractivity contribution >= 4 is 21.6 Å². The van der Waals surface area contributed by atoms with Crippen LogP contribution in [0.15, 0.2) is 23.2 Å². The molecule has 0 aromatic carbocycles. The normalized spacial score (nSPS) is 11.3. The van der Waals surface area contributed by atoms with Crippen molar-refractivity contribution in [2.45, 2.75) is 26.7 Å². The quantitative estimate of drug-likeness (QED) is 0.795. The Hall–Kier alpha value is -1.10. The Morgan fingerprint density at radius 1 is 1.47 bits per heavy atom. The Labute approximate surface area is 109 Å². The van der Waals surface area contributed by atoms with E-state index in [0.29, 0.717) is 18.4 Å². The van der Waals surface area contributed by atoms with Gasteiger partial charge in [0.15, 0.2) is 0 Å². The number of rotatable bonds is 5. The van der Waals surface area contributed by atoms with Crippen LogP contribution in [0.25, 0.3) is 5.65 Å². The molecule has 2 aromatic rings. The molecule has 0 amide bonds. The van der Waals surface area contributed by atoms with E-state index in [0.717, 1.165) is 16.7 Å². The van der Waals surface area contributed by atoms with Crippen LogP contribution in [0.4, 0.5) is 0 Å². The summed E-state index contributed by atoms with van der Waals surface area (Å²) < 4.78 is 8.33. The summed E-state index contributed by atoms with van der Waals surface area (Å²) in [6, 6.07) is 0. The van der Waals surface area contributed by atoms with Crippen molar-refractivity contribution in [3.05, 3.63) is 23.2 Å². The summed E-state index contributed by atoms with van der Waals surface area (Å²) in [7, 11) is 0. The second-order valence-electron chi connectivity index (χ2n) is 4.41. The molecule has 5 heteroatoms. The van der Waals surface area contributed by atoms with E-state index in [2.05, 4.69) is 39.7 Å². The summed E-state index contributed by atoms with van der Waals surface area (Å²) in [4.78, 5) is 8.53. The molecular formula is C12H16BrN3O. The number of ether oxygens (including phenoxy) is 1. The van der Waals surface area contributed by atoms with Gasteiger partial charge in [-0.05, 0) is 34.7 Å². The second kappa shape index (κ2) is 5.49. The van der Waals surface area contributed by atoms with Gasteiger partial charge in [-0.2, -0.15) is 0 Å². The van der Waals surface area contributed by atoms with Gasteiger partial charge in [0, 0.05) is 18.6 Å². The largest absolute Gasteiger partial charge is 0.475 e. The van der Waals surface area contributed by atoms with Crippen LogP contribution in [0.3, 0.4) is 0 Å². The molecule has 0 N–H and O–H groups in total. The summed E-state index contributed by atoms with van der Waals surface area (Å²) in [5, 5.41) is 0. The van der Waals surface area contributed by atoms with Gasteiger partial charge in [-0.15, -0.1) is 0 Å². The number of aromatic nitrogens is 3. The second-order valence-corrected chi connectivity index (χ2v) is 5.22. The SMILES string of the molecule is CC(C)CCCOc1nc(Br)cn2ccnc12. The van der Waals surface area contributed by atoms with E-state index < -0.39 is 0 Å². The van der Waals surface area contributed by atoms with Gasteiger partial charge in [-0.25, -0.2) is 9.97 Å². The molecule has 0 spiro atoms. The number of hydrogen-bond acceptors (Lipinski definition) is 3. The predicted octanol–water partition coefficient (Wildman–Crippen LogP) is 3.31. The standard InChI is InChI=1S/C12H16BrN3O/c1-9(2)4-3-7-17-12-11-14-5-6-16(11)8-10(13)15-12/h5-6,8-9H,3-4,7H2,1-2H3. The fraction of sp³-hybridized carbons (Fsp3) is 0.500. The third-order valence-corrected chi connectivity index (χ3v) is 2.86. The molecule has 0 radical (unpaired) electrons. The van der Waals surface area contributed by atoms with Crippen LogP contribution in [0.2, 0.25) is 0 Å². The molecule has 0 aliphatic carbocycles. The molecule has 0 aliphatic rings. The minimum atomic E-state index is 0.591. The number of nitrogens with zero attached hydrogens (tertiary/aromatic N) is 3. The van der Waals surface area contributed by atoms with Crippen LogP contribution in [0.5, 0.6) is 5.88 Å². The van der Waals surface area contributed by atoms with E-state index in [1.807, 2.05) is 16.8 Å². The molecule has 2 heterocycles. The van der Waals surface area contributed by atoms with Gasteiger partial charge in [0.1, 0.15) is 4.60 Å². The van der Waals surface area contributed by atoms with Gasteiger partial charge in [0.2, 0.25) is 5.65 Å². The maximum absolute atomic E-state index is 5.68. The average molecular weight is 298 g/mol. The van der Waals surface area contributed by atoms with E-state index in [9.17, 15) is 0 Å². The fourth-order valence-corrected chi connectivity index (χ4v) is 2.01. The lowest BCUT2D eigenvalue weighted by Crippen LogP contribution is -2.03.